The molecule has 0 heterocycles. The molecule has 5 heteroatoms. The number of carbonyl (C=O) groups excluding carboxylic acids is 1. The molecule has 1 N–H and O–H groups in total. The fourth-order valence-electron chi connectivity index (χ4n) is 2.03. The van der Waals surface area contributed by atoms with E-state index in [-0.39, 0.29) is 5.56 Å². The molecular formula is C17H17BrFNO2. The summed E-state index contributed by atoms with van der Waals surface area (Å²) >= 11 is 3.24. The van der Waals surface area contributed by atoms with Gasteiger partial charge in [-0.15, -0.1) is 0 Å². The Bertz CT molecular complexity index is 661. The van der Waals surface area contributed by atoms with Crippen LogP contribution in [0.5, 0.6) is 0 Å². The minimum atomic E-state index is -0.539. The van der Waals surface area contributed by atoms with Crippen molar-refractivity contribution in [1.29, 1.82) is 0 Å². The van der Waals surface area contributed by atoms with Gasteiger partial charge in [-0.25, -0.2) is 4.39 Å². The van der Waals surface area contributed by atoms with E-state index in [9.17, 15) is 9.18 Å². The predicted octanol–water partition coefficient (Wildman–Crippen LogP) is 4.05. The summed E-state index contributed by atoms with van der Waals surface area (Å²) in [5, 5.41) is 2.74. The summed E-state index contributed by atoms with van der Waals surface area (Å²) in [6, 6.07) is 12.0. The van der Waals surface area contributed by atoms with Crippen LogP contribution in [0.2, 0.25) is 0 Å². The zero-order valence-corrected chi connectivity index (χ0v) is 13.8. The van der Waals surface area contributed by atoms with Crippen LogP contribution in [0.3, 0.4) is 0 Å². The van der Waals surface area contributed by atoms with Crippen LogP contribution in [0.25, 0.3) is 0 Å². The predicted molar refractivity (Wildman–Crippen MR) is 87.0 cm³/mol. The van der Waals surface area contributed by atoms with Gasteiger partial charge in [0.1, 0.15) is 5.82 Å². The van der Waals surface area contributed by atoms with Gasteiger partial charge < -0.3 is 10.1 Å². The standard InChI is InChI=1S/C17H17BrFNO2/c1-2-22-11-13-6-4-3-5-12(13)10-20-17(21)15-9-14(18)7-8-16(15)19/h3-9H,2,10-11H2,1H3,(H,20,21). The molecule has 0 aliphatic carbocycles. The van der Waals surface area contributed by atoms with Gasteiger partial charge in [0.2, 0.25) is 0 Å². The number of hydrogen-bond acceptors (Lipinski definition) is 2. The number of benzene rings is 2. The summed E-state index contributed by atoms with van der Waals surface area (Å²) in [6.45, 7) is 3.38. The summed E-state index contributed by atoms with van der Waals surface area (Å²) < 4.78 is 19.8. The van der Waals surface area contributed by atoms with E-state index in [1.165, 1.54) is 12.1 Å². The van der Waals surface area contributed by atoms with E-state index >= 15 is 0 Å². The Hall–Kier alpha value is -1.72. The van der Waals surface area contributed by atoms with Crippen molar-refractivity contribution in [3.05, 3.63) is 69.4 Å². The Morgan fingerprint density at radius 2 is 1.95 bits per heavy atom. The molecule has 1 amide bonds. The van der Waals surface area contributed by atoms with Gasteiger partial charge in [-0.05, 0) is 36.2 Å². The van der Waals surface area contributed by atoms with Gasteiger partial charge in [0.05, 0.1) is 12.2 Å². The van der Waals surface area contributed by atoms with Crippen LogP contribution >= 0.6 is 15.9 Å². The van der Waals surface area contributed by atoms with E-state index in [0.717, 1.165) is 11.1 Å². The Morgan fingerprint density at radius 3 is 2.68 bits per heavy atom. The molecule has 2 rings (SSSR count). The number of hydrogen-bond donors (Lipinski definition) is 1. The molecule has 0 aliphatic rings. The number of rotatable bonds is 6. The first-order chi connectivity index (χ1) is 10.6. The van der Waals surface area contributed by atoms with Gasteiger partial charge >= 0.3 is 0 Å². The van der Waals surface area contributed by atoms with Crippen molar-refractivity contribution < 1.29 is 13.9 Å². The maximum atomic E-state index is 13.7. The highest BCUT2D eigenvalue weighted by molar-refractivity contribution is 9.10. The van der Waals surface area contributed by atoms with Gasteiger partial charge in [0.15, 0.2) is 0 Å². The average Bonchev–Trinajstić information content (AvgIpc) is 2.53. The van der Waals surface area contributed by atoms with Crippen LogP contribution in [0.15, 0.2) is 46.9 Å². The van der Waals surface area contributed by atoms with Crippen LogP contribution in [0.1, 0.15) is 28.4 Å². The third-order valence-electron chi connectivity index (χ3n) is 3.19. The maximum absolute atomic E-state index is 13.7. The number of nitrogens with one attached hydrogen (secondary N) is 1. The first-order valence-electron chi connectivity index (χ1n) is 6.99. The van der Waals surface area contributed by atoms with E-state index in [1.807, 2.05) is 31.2 Å². The van der Waals surface area contributed by atoms with Crippen molar-refractivity contribution in [3.63, 3.8) is 0 Å². The summed E-state index contributed by atoms with van der Waals surface area (Å²) in [5.41, 5.74) is 2.00. The molecular weight excluding hydrogens is 349 g/mol. The van der Waals surface area contributed by atoms with Crippen molar-refractivity contribution in [2.45, 2.75) is 20.1 Å². The van der Waals surface area contributed by atoms with E-state index < -0.39 is 11.7 Å². The molecule has 0 bridgehead atoms. The van der Waals surface area contributed by atoms with E-state index in [1.54, 1.807) is 6.07 Å². The molecule has 0 saturated carbocycles. The lowest BCUT2D eigenvalue weighted by Gasteiger charge is -2.11. The number of ether oxygens (including phenoxy) is 1. The zero-order chi connectivity index (χ0) is 15.9. The highest BCUT2D eigenvalue weighted by Gasteiger charge is 2.12. The van der Waals surface area contributed by atoms with E-state index in [2.05, 4.69) is 21.2 Å². The van der Waals surface area contributed by atoms with Crippen molar-refractivity contribution in [1.82, 2.24) is 5.32 Å². The van der Waals surface area contributed by atoms with E-state index in [4.69, 9.17) is 4.74 Å². The molecule has 0 saturated heterocycles. The minimum absolute atomic E-state index is 0.0247. The minimum Gasteiger partial charge on any atom is -0.377 e. The molecule has 3 nitrogen and oxygen atoms in total. The van der Waals surface area contributed by atoms with Gasteiger partial charge in [0.25, 0.3) is 5.91 Å². The second-order valence-corrected chi connectivity index (χ2v) is 5.63. The topological polar surface area (TPSA) is 38.3 Å². The summed E-state index contributed by atoms with van der Waals surface area (Å²) in [7, 11) is 0. The fraction of sp³-hybridized carbons (Fsp3) is 0.235. The normalized spacial score (nSPS) is 10.5. The van der Waals surface area contributed by atoms with Crippen LogP contribution in [0, 0.1) is 5.82 Å². The van der Waals surface area contributed by atoms with Gasteiger partial charge in [-0.2, -0.15) is 0 Å². The van der Waals surface area contributed by atoms with Crippen LogP contribution < -0.4 is 5.32 Å². The maximum Gasteiger partial charge on any atom is 0.254 e. The van der Waals surface area contributed by atoms with E-state index in [0.29, 0.717) is 24.2 Å². The molecule has 0 atom stereocenters. The molecule has 0 aromatic heterocycles. The van der Waals surface area contributed by atoms with Gasteiger partial charge in [0, 0.05) is 17.6 Å². The Labute approximate surface area is 137 Å². The van der Waals surface area contributed by atoms with Crippen molar-refractivity contribution in [3.8, 4) is 0 Å². The van der Waals surface area contributed by atoms with Crippen LogP contribution in [0.4, 0.5) is 4.39 Å². The summed E-state index contributed by atoms with van der Waals surface area (Å²) in [5.74, 6) is -0.978. The molecule has 0 aliphatic heterocycles. The smallest absolute Gasteiger partial charge is 0.254 e. The highest BCUT2D eigenvalue weighted by atomic mass is 79.9. The monoisotopic (exact) mass is 365 g/mol. The Kier molecular flexibility index (Phi) is 6.10. The second-order valence-electron chi connectivity index (χ2n) is 4.71. The average molecular weight is 366 g/mol. The molecule has 2 aromatic rings. The molecule has 0 unspecified atom stereocenters. The van der Waals surface area contributed by atoms with Gasteiger partial charge in [-0.1, -0.05) is 40.2 Å². The lowest BCUT2D eigenvalue weighted by molar-refractivity contribution is 0.0945. The fourth-order valence-corrected chi connectivity index (χ4v) is 2.39. The van der Waals surface area contributed by atoms with Crippen molar-refractivity contribution >= 4 is 21.8 Å². The molecule has 0 fully saturated rings. The lowest BCUT2D eigenvalue weighted by Crippen LogP contribution is -2.24. The first kappa shape index (κ1) is 16.6. The van der Waals surface area contributed by atoms with Crippen LogP contribution in [-0.4, -0.2) is 12.5 Å². The third-order valence-corrected chi connectivity index (χ3v) is 3.69. The second kappa shape index (κ2) is 8.06. The first-order valence-corrected chi connectivity index (χ1v) is 7.79. The van der Waals surface area contributed by atoms with Crippen molar-refractivity contribution in [2.24, 2.45) is 0 Å². The SMILES string of the molecule is CCOCc1ccccc1CNC(=O)c1cc(Br)ccc1F. The summed E-state index contributed by atoms with van der Waals surface area (Å²) in [4.78, 5) is 12.1. The highest BCUT2D eigenvalue weighted by Crippen LogP contribution is 2.16. The number of amides is 1. The number of carbonyl (C=O) groups is 1. The lowest BCUT2D eigenvalue weighted by atomic mass is 10.1. The Balaban J connectivity index is 2.06. The van der Waals surface area contributed by atoms with Crippen molar-refractivity contribution in [2.75, 3.05) is 6.61 Å². The van der Waals surface area contributed by atoms with Gasteiger partial charge in [-0.3, -0.25) is 4.79 Å². The number of halogens is 2. The molecule has 0 spiro atoms. The largest absolute Gasteiger partial charge is 0.377 e. The third kappa shape index (κ3) is 4.39. The molecule has 0 radical (unpaired) electrons. The molecule has 116 valence electrons. The molecule has 2 aromatic carbocycles. The summed E-state index contributed by atoms with van der Waals surface area (Å²) in [6.07, 6.45) is 0. The molecule has 22 heavy (non-hydrogen) atoms. The zero-order valence-electron chi connectivity index (χ0n) is 12.2. The quantitative estimate of drug-likeness (QED) is 0.838. The van der Waals surface area contributed by atoms with Crippen LogP contribution in [-0.2, 0) is 17.9 Å². The Morgan fingerprint density at radius 1 is 1.23 bits per heavy atom.